The first-order chi connectivity index (χ1) is 12.8. The minimum atomic E-state index is -3.00. The van der Waals surface area contributed by atoms with Gasteiger partial charge in [-0.2, -0.15) is 9.78 Å². The fraction of sp³-hybridized carbons (Fsp3) is 0.444. The van der Waals surface area contributed by atoms with E-state index in [-0.39, 0.29) is 23.2 Å². The van der Waals surface area contributed by atoms with E-state index < -0.39 is 9.84 Å². The molecule has 0 spiro atoms. The van der Waals surface area contributed by atoms with Gasteiger partial charge >= 0.3 is 0 Å². The van der Waals surface area contributed by atoms with Gasteiger partial charge in [-0.15, -0.1) is 6.58 Å². The van der Waals surface area contributed by atoms with E-state index in [4.69, 9.17) is 12.2 Å². The van der Waals surface area contributed by atoms with Crippen molar-refractivity contribution in [3.63, 3.8) is 0 Å². The largest absolute Gasteiger partial charge is 0.315 e. The Bertz CT molecular complexity index is 980. The van der Waals surface area contributed by atoms with Crippen molar-refractivity contribution in [2.24, 2.45) is 0 Å². The van der Waals surface area contributed by atoms with E-state index in [1.165, 1.54) is 12.1 Å². The smallest absolute Gasteiger partial charge is 0.203 e. The highest BCUT2D eigenvalue weighted by Gasteiger charge is 2.33. The van der Waals surface area contributed by atoms with Crippen LogP contribution in [-0.2, 0) is 29.6 Å². The van der Waals surface area contributed by atoms with Crippen LogP contribution >= 0.6 is 12.2 Å². The Labute approximate surface area is 163 Å². The Morgan fingerprint density at radius 2 is 2.11 bits per heavy atom. The summed E-state index contributed by atoms with van der Waals surface area (Å²) in [6, 6.07) is 6.43. The van der Waals surface area contributed by atoms with E-state index in [0.717, 1.165) is 16.3 Å². The van der Waals surface area contributed by atoms with E-state index in [0.29, 0.717) is 31.0 Å². The van der Waals surface area contributed by atoms with Gasteiger partial charge in [0.05, 0.1) is 18.6 Å². The topological polar surface area (TPSA) is 61.3 Å². The Kier molecular flexibility index (Phi) is 5.92. The molecule has 1 aliphatic rings. The summed E-state index contributed by atoms with van der Waals surface area (Å²) in [6.07, 6.45) is 2.31. The number of rotatable bonds is 7. The highest BCUT2D eigenvalue weighted by Crippen LogP contribution is 2.28. The average Bonchev–Trinajstić information content (AvgIpc) is 3.11. The van der Waals surface area contributed by atoms with Crippen molar-refractivity contribution in [1.29, 1.82) is 0 Å². The van der Waals surface area contributed by atoms with Crippen LogP contribution in [0.5, 0.6) is 0 Å². The van der Waals surface area contributed by atoms with E-state index in [9.17, 15) is 12.8 Å². The average molecular weight is 412 g/mol. The van der Waals surface area contributed by atoms with Gasteiger partial charge in [-0.05, 0) is 30.8 Å². The monoisotopic (exact) mass is 411 g/mol. The molecule has 1 N–H and O–H groups in total. The third-order valence-electron chi connectivity index (χ3n) is 4.70. The third-order valence-corrected chi connectivity index (χ3v) is 6.90. The van der Waals surface area contributed by atoms with Crippen molar-refractivity contribution in [2.75, 3.05) is 18.6 Å². The first-order valence-corrected chi connectivity index (χ1v) is 11.1. The van der Waals surface area contributed by atoms with Crippen molar-refractivity contribution in [3.8, 4) is 0 Å². The number of benzene rings is 1. The summed E-state index contributed by atoms with van der Waals surface area (Å²) in [4.78, 5) is 1.13. The SMILES string of the molecule is C=CCn1c([C@@H]2CCS(=O)(=O)C2)nn(C[NH+](C)Cc2ccc(F)cc2)c1=S. The summed E-state index contributed by atoms with van der Waals surface area (Å²) < 4.78 is 41.0. The maximum Gasteiger partial charge on any atom is 0.203 e. The molecule has 1 aliphatic heterocycles. The molecule has 3 rings (SSSR count). The Morgan fingerprint density at radius 1 is 1.41 bits per heavy atom. The van der Waals surface area contributed by atoms with Gasteiger partial charge in [0.2, 0.25) is 4.77 Å². The van der Waals surface area contributed by atoms with Gasteiger partial charge in [0.25, 0.3) is 0 Å². The quantitative estimate of drug-likeness (QED) is 0.551. The zero-order valence-corrected chi connectivity index (χ0v) is 16.9. The molecule has 1 aromatic carbocycles. The van der Waals surface area contributed by atoms with Gasteiger partial charge in [-0.25, -0.2) is 12.8 Å². The Balaban J connectivity index is 1.81. The molecule has 0 saturated carbocycles. The number of quaternary nitrogens is 1. The zero-order chi connectivity index (χ0) is 19.6. The van der Waals surface area contributed by atoms with Crippen molar-refractivity contribution in [1.82, 2.24) is 14.3 Å². The number of sulfone groups is 1. The van der Waals surface area contributed by atoms with E-state index in [1.807, 2.05) is 11.6 Å². The number of allylic oxidation sites excluding steroid dienone is 1. The lowest BCUT2D eigenvalue weighted by Gasteiger charge is -2.13. The molecule has 27 heavy (non-hydrogen) atoms. The summed E-state index contributed by atoms with van der Waals surface area (Å²) in [6.45, 7) is 5.50. The lowest BCUT2D eigenvalue weighted by Crippen LogP contribution is -3.07. The van der Waals surface area contributed by atoms with Crippen LogP contribution < -0.4 is 4.90 Å². The number of aromatic nitrogens is 3. The van der Waals surface area contributed by atoms with Crippen LogP contribution in [0.25, 0.3) is 0 Å². The van der Waals surface area contributed by atoms with Gasteiger partial charge in [0.15, 0.2) is 16.5 Å². The van der Waals surface area contributed by atoms with Gasteiger partial charge in [0, 0.05) is 18.0 Å². The predicted molar refractivity (Wildman–Crippen MR) is 104 cm³/mol. The number of halogens is 1. The first-order valence-electron chi connectivity index (χ1n) is 8.83. The predicted octanol–water partition coefficient (Wildman–Crippen LogP) is 1.31. The summed E-state index contributed by atoms with van der Waals surface area (Å²) in [5.74, 6) is 0.652. The molecule has 1 unspecified atom stereocenters. The van der Waals surface area contributed by atoms with Crippen LogP contribution in [0.4, 0.5) is 4.39 Å². The molecule has 1 aromatic heterocycles. The fourth-order valence-electron chi connectivity index (χ4n) is 3.42. The number of nitrogens with one attached hydrogen (secondary N) is 1. The maximum absolute atomic E-state index is 13.1. The van der Waals surface area contributed by atoms with Crippen LogP contribution in [0.1, 0.15) is 23.7 Å². The van der Waals surface area contributed by atoms with Crippen molar-refractivity contribution in [2.45, 2.75) is 32.1 Å². The van der Waals surface area contributed by atoms with Crippen molar-refractivity contribution < 1.29 is 17.7 Å². The van der Waals surface area contributed by atoms with Gasteiger partial charge in [-0.3, -0.25) is 4.57 Å². The lowest BCUT2D eigenvalue weighted by atomic mass is 10.1. The second kappa shape index (κ2) is 8.04. The lowest BCUT2D eigenvalue weighted by molar-refractivity contribution is -0.917. The first kappa shape index (κ1) is 19.9. The molecular formula is C18H24FN4O2S2+. The second-order valence-electron chi connectivity index (χ2n) is 7.06. The van der Waals surface area contributed by atoms with E-state index in [1.54, 1.807) is 22.9 Å². The number of nitrogens with zero attached hydrogens (tertiary/aromatic N) is 3. The molecule has 2 heterocycles. The second-order valence-corrected chi connectivity index (χ2v) is 9.65. The molecule has 9 heteroatoms. The molecule has 0 bridgehead atoms. The summed E-state index contributed by atoms with van der Waals surface area (Å²) in [5.41, 5.74) is 1.02. The molecule has 0 aliphatic carbocycles. The highest BCUT2D eigenvalue weighted by molar-refractivity contribution is 7.91. The minimum absolute atomic E-state index is 0.119. The molecule has 146 valence electrons. The van der Waals surface area contributed by atoms with Crippen LogP contribution in [0.15, 0.2) is 36.9 Å². The molecule has 2 atom stereocenters. The Hall–Kier alpha value is -1.84. The van der Waals surface area contributed by atoms with E-state index in [2.05, 4.69) is 11.7 Å². The molecular weight excluding hydrogens is 387 g/mol. The van der Waals surface area contributed by atoms with Crippen LogP contribution in [0.3, 0.4) is 0 Å². The Morgan fingerprint density at radius 3 is 2.70 bits per heavy atom. The standard InChI is InChI=1S/C18H23FN4O2S2/c1-3-9-22-17(15-8-10-27(24,25)12-15)20-23(18(22)26)13-21(2)11-14-4-6-16(19)7-5-14/h3-7,15H,1,8-13H2,2H3/p+1/t15-/m1/s1. The summed E-state index contributed by atoms with van der Waals surface area (Å²) in [5, 5.41) is 4.65. The zero-order valence-electron chi connectivity index (χ0n) is 15.3. The van der Waals surface area contributed by atoms with Crippen molar-refractivity contribution in [3.05, 3.63) is 58.9 Å². The number of hydrogen-bond donors (Lipinski definition) is 1. The molecule has 0 radical (unpaired) electrons. The normalized spacial score (nSPS) is 19.9. The summed E-state index contributed by atoms with van der Waals surface area (Å²) in [7, 11) is -0.993. The fourth-order valence-corrected chi connectivity index (χ4v) is 5.44. The van der Waals surface area contributed by atoms with Crippen LogP contribution in [0, 0.1) is 10.6 Å². The van der Waals surface area contributed by atoms with Gasteiger partial charge in [-0.1, -0.05) is 18.2 Å². The molecule has 0 amide bonds. The van der Waals surface area contributed by atoms with Crippen LogP contribution in [-0.4, -0.2) is 41.3 Å². The van der Waals surface area contributed by atoms with Crippen LogP contribution in [0.2, 0.25) is 0 Å². The molecule has 1 saturated heterocycles. The molecule has 6 nitrogen and oxygen atoms in total. The van der Waals surface area contributed by atoms with Gasteiger partial charge < -0.3 is 4.90 Å². The minimum Gasteiger partial charge on any atom is -0.315 e. The summed E-state index contributed by atoms with van der Waals surface area (Å²) >= 11 is 5.57. The van der Waals surface area contributed by atoms with Crippen molar-refractivity contribution >= 4 is 22.1 Å². The molecule has 2 aromatic rings. The van der Waals surface area contributed by atoms with Gasteiger partial charge in [0.1, 0.15) is 18.2 Å². The number of hydrogen-bond acceptors (Lipinski definition) is 4. The maximum atomic E-state index is 13.1. The third kappa shape index (κ3) is 4.72. The molecule has 1 fully saturated rings. The van der Waals surface area contributed by atoms with E-state index >= 15 is 0 Å². The highest BCUT2D eigenvalue weighted by atomic mass is 32.2.